The van der Waals surface area contributed by atoms with Crippen LogP contribution in [0.5, 0.6) is 5.75 Å². The average Bonchev–Trinajstić information content (AvgIpc) is 2.92. The summed E-state index contributed by atoms with van der Waals surface area (Å²) in [5.74, 6) is 0.882. The average molecular weight is 297 g/mol. The van der Waals surface area contributed by atoms with Gasteiger partial charge in [0.1, 0.15) is 5.75 Å². The molecule has 0 radical (unpaired) electrons. The van der Waals surface area contributed by atoms with Gasteiger partial charge in [0.25, 0.3) is 0 Å². The van der Waals surface area contributed by atoms with Crippen LogP contribution in [-0.4, -0.2) is 6.61 Å². The number of thiophene rings is 1. The number of hydrogen-bond donors (Lipinski definition) is 1. The summed E-state index contributed by atoms with van der Waals surface area (Å²) in [6.45, 7) is 4.72. The molecule has 1 unspecified atom stereocenters. The molecule has 1 aromatic heterocycles. The van der Waals surface area contributed by atoms with E-state index in [9.17, 15) is 0 Å². The van der Waals surface area contributed by atoms with Gasteiger partial charge in [-0.1, -0.05) is 35.9 Å². The van der Waals surface area contributed by atoms with E-state index in [2.05, 4.69) is 49.4 Å². The van der Waals surface area contributed by atoms with Crippen LogP contribution in [0.1, 0.15) is 29.0 Å². The maximum Gasteiger partial charge on any atom is 0.124 e. The van der Waals surface area contributed by atoms with Crippen molar-refractivity contribution in [2.75, 3.05) is 6.61 Å². The lowest BCUT2D eigenvalue weighted by Gasteiger charge is -2.16. The fourth-order valence-electron chi connectivity index (χ4n) is 2.51. The van der Waals surface area contributed by atoms with Crippen molar-refractivity contribution in [3.63, 3.8) is 0 Å². The maximum absolute atomic E-state index is 6.51. The first-order valence-electron chi connectivity index (χ1n) is 7.16. The molecule has 2 aromatic carbocycles. The Hall–Kier alpha value is -1.84. The Kier molecular flexibility index (Phi) is 3.95. The smallest absolute Gasteiger partial charge is 0.124 e. The molecule has 0 saturated carbocycles. The van der Waals surface area contributed by atoms with Gasteiger partial charge in [-0.2, -0.15) is 0 Å². The third-order valence-corrected chi connectivity index (χ3v) is 4.75. The van der Waals surface area contributed by atoms with E-state index in [1.165, 1.54) is 20.5 Å². The fourth-order valence-corrected chi connectivity index (χ4v) is 3.59. The van der Waals surface area contributed by atoms with Crippen molar-refractivity contribution in [1.82, 2.24) is 0 Å². The van der Waals surface area contributed by atoms with Crippen LogP contribution in [0.3, 0.4) is 0 Å². The molecule has 1 atom stereocenters. The molecule has 0 bridgehead atoms. The summed E-state index contributed by atoms with van der Waals surface area (Å²) in [7, 11) is 0. The quantitative estimate of drug-likeness (QED) is 0.760. The van der Waals surface area contributed by atoms with Crippen molar-refractivity contribution >= 4 is 21.4 Å². The van der Waals surface area contributed by atoms with Gasteiger partial charge in [-0.25, -0.2) is 0 Å². The minimum atomic E-state index is -0.149. The van der Waals surface area contributed by atoms with E-state index in [-0.39, 0.29) is 6.04 Å². The molecule has 3 aromatic rings. The predicted octanol–water partition coefficient (Wildman–Crippen LogP) is 4.66. The lowest BCUT2D eigenvalue weighted by atomic mass is 10.0. The van der Waals surface area contributed by atoms with Crippen LogP contribution in [0.15, 0.2) is 48.5 Å². The minimum Gasteiger partial charge on any atom is -0.494 e. The molecule has 0 aliphatic rings. The zero-order valence-electron chi connectivity index (χ0n) is 12.3. The molecule has 0 saturated heterocycles. The highest BCUT2D eigenvalue weighted by Crippen LogP contribution is 2.35. The van der Waals surface area contributed by atoms with Crippen molar-refractivity contribution in [2.45, 2.75) is 19.9 Å². The zero-order chi connectivity index (χ0) is 14.8. The molecule has 0 spiro atoms. The first-order valence-corrected chi connectivity index (χ1v) is 7.98. The highest BCUT2D eigenvalue weighted by Gasteiger charge is 2.17. The Bertz CT molecular complexity index is 730. The molecule has 0 fully saturated rings. The molecule has 3 heteroatoms. The molecule has 3 rings (SSSR count). The van der Waals surface area contributed by atoms with E-state index in [4.69, 9.17) is 10.5 Å². The summed E-state index contributed by atoms with van der Waals surface area (Å²) in [6.07, 6.45) is 0. The van der Waals surface area contributed by atoms with Gasteiger partial charge in [0.05, 0.1) is 12.6 Å². The van der Waals surface area contributed by atoms with Gasteiger partial charge in [0, 0.05) is 15.1 Å². The number of fused-ring (bicyclic) bond motifs is 1. The van der Waals surface area contributed by atoms with Gasteiger partial charge in [-0.15, -0.1) is 11.3 Å². The molecule has 2 N–H and O–H groups in total. The summed E-state index contributed by atoms with van der Waals surface area (Å²) in [5.41, 5.74) is 8.77. The molecule has 21 heavy (non-hydrogen) atoms. The van der Waals surface area contributed by atoms with Gasteiger partial charge in [-0.3, -0.25) is 0 Å². The van der Waals surface area contributed by atoms with Gasteiger partial charge < -0.3 is 10.5 Å². The fraction of sp³-hybridized carbons (Fsp3) is 0.222. The van der Waals surface area contributed by atoms with Crippen LogP contribution in [0.4, 0.5) is 0 Å². The number of rotatable bonds is 4. The highest BCUT2D eigenvalue weighted by atomic mass is 32.1. The van der Waals surface area contributed by atoms with Crippen molar-refractivity contribution < 1.29 is 4.74 Å². The van der Waals surface area contributed by atoms with Crippen molar-refractivity contribution in [2.24, 2.45) is 5.73 Å². The molecular formula is C18H19NOS. The summed E-state index contributed by atoms with van der Waals surface area (Å²) in [6, 6.07) is 16.6. The third-order valence-electron chi connectivity index (χ3n) is 3.55. The largest absolute Gasteiger partial charge is 0.494 e. The Morgan fingerprint density at radius 3 is 2.71 bits per heavy atom. The van der Waals surface area contributed by atoms with Gasteiger partial charge in [0.15, 0.2) is 0 Å². The van der Waals surface area contributed by atoms with Crippen LogP contribution < -0.4 is 10.5 Å². The Morgan fingerprint density at radius 1 is 1.14 bits per heavy atom. The van der Waals surface area contributed by atoms with Gasteiger partial charge >= 0.3 is 0 Å². The lowest BCUT2D eigenvalue weighted by Crippen LogP contribution is -2.12. The van der Waals surface area contributed by atoms with E-state index >= 15 is 0 Å². The first-order chi connectivity index (χ1) is 10.2. The number of benzene rings is 2. The maximum atomic E-state index is 6.51. The first kappa shape index (κ1) is 14.1. The highest BCUT2D eigenvalue weighted by molar-refractivity contribution is 7.19. The second-order valence-electron chi connectivity index (χ2n) is 5.14. The summed E-state index contributed by atoms with van der Waals surface area (Å²) in [4.78, 5) is 1.17. The molecule has 0 aliphatic heterocycles. The molecule has 0 amide bonds. The monoisotopic (exact) mass is 297 g/mol. The van der Waals surface area contributed by atoms with Crippen molar-refractivity contribution in [1.29, 1.82) is 0 Å². The zero-order valence-corrected chi connectivity index (χ0v) is 13.1. The standard InChI is InChI=1S/C18H19NOS/c1-3-20-15-9-8-12(2)10-14(15)18(19)17-11-13-6-4-5-7-16(13)21-17/h4-11,18H,3,19H2,1-2H3. The topological polar surface area (TPSA) is 35.2 Å². The van der Waals surface area contributed by atoms with Crippen LogP contribution in [-0.2, 0) is 0 Å². The third kappa shape index (κ3) is 2.80. The Balaban J connectivity index is 2.04. The lowest BCUT2D eigenvalue weighted by molar-refractivity contribution is 0.335. The SMILES string of the molecule is CCOc1ccc(C)cc1C(N)c1cc2ccccc2s1. The minimum absolute atomic E-state index is 0.149. The summed E-state index contributed by atoms with van der Waals surface area (Å²) < 4.78 is 7.01. The number of aryl methyl sites for hydroxylation is 1. The second-order valence-corrected chi connectivity index (χ2v) is 6.25. The molecule has 0 aliphatic carbocycles. The number of ether oxygens (including phenoxy) is 1. The number of nitrogens with two attached hydrogens (primary N) is 1. The van der Waals surface area contributed by atoms with E-state index in [1.807, 2.05) is 13.0 Å². The Labute approximate surface area is 129 Å². The van der Waals surface area contributed by atoms with Gasteiger partial charge in [-0.05, 0) is 37.4 Å². The van der Waals surface area contributed by atoms with E-state index in [0.717, 1.165) is 11.3 Å². The molecular weight excluding hydrogens is 278 g/mol. The second kappa shape index (κ2) is 5.88. The molecule has 1 heterocycles. The summed E-state index contributed by atoms with van der Waals surface area (Å²) >= 11 is 1.75. The molecule has 2 nitrogen and oxygen atoms in total. The normalized spacial score (nSPS) is 12.5. The molecule has 108 valence electrons. The van der Waals surface area contributed by atoms with Crippen LogP contribution in [0.2, 0.25) is 0 Å². The predicted molar refractivity (Wildman–Crippen MR) is 90.2 cm³/mol. The van der Waals surface area contributed by atoms with E-state index in [0.29, 0.717) is 6.61 Å². The van der Waals surface area contributed by atoms with Gasteiger partial charge in [0.2, 0.25) is 0 Å². The van der Waals surface area contributed by atoms with Crippen LogP contribution in [0.25, 0.3) is 10.1 Å². The van der Waals surface area contributed by atoms with Crippen LogP contribution >= 0.6 is 11.3 Å². The van der Waals surface area contributed by atoms with E-state index < -0.39 is 0 Å². The van der Waals surface area contributed by atoms with Crippen molar-refractivity contribution in [3.05, 3.63) is 64.5 Å². The van der Waals surface area contributed by atoms with Crippen LogP contribution in [0, 0.1) is 6.92 Å². The summed E-state index contributed by atoms with van der Waals surface area (Å²) in [5, 5.41) is 1.25. The van der Waals surface area contributed by atoms with Crippen molar-refractivity contribution in [3.8, 4) is 5.75 Å². The van der Waals surface area contributed by atoms with E-state index in [1.54, 1.807) is 11.3 Å². The number of hydrogen-bond acceptors (Lipinski definition) is 3. The Morgan fingerprint density at radius 2 is 1.95 bits per heavy atom.